The van der Waals surface area contributed by atoms with Crippen LogP contribution in [0.4, 0.5) is 9.59 Å². The molecule has 1 heterocycles. The van der Waals surface area contributed by atoms with Gasteiger partial charge in [0.05, 0.1) is 7.11 Å². The van der Waals surface area contributed by atoms with Crippen molar-refractivity contribution in [1.29, 1.82) is 0 Å². The summed E-state index contributed by atoms with van der Waals surface area (Å²) in [5, 5.41) is 0. The number of nitrogens with zero attached hydrogens (tertiary/aromatic N) is 3. The average molecular weight is 371 g/mol. The monoisotopic (exact) mass is 371 g/mol. The van der Waals surface area contributed by atoms with E-state index in [1.54, 1.807) is 16.8 Å². The second-order valence-electron chi connectivity index (χ2n) is 8.07. The van der Waals surface area contributed by atoms with Gasteiger partial charge < -0.3 is 24.2 Å². The van der Waals surface area contributed by atoms with Crippen molar-refractivity contribution in [3.63, 3.8) is 0 Å². The molecule has 150 valence electrons. The number of carbonyl (C=O) groups is 3. The summed E-state index contributed by atoms with van der Waals surface area (Å²) < 4.78 is 10.2. The van der Waals surface area contributed by atoms with Crippen LogP contribution in [-0.4, -0.2) is 84.3 Å². The number of hydrogen-bond donors (Lipinski definition) is 0. The van der Waals surface area contributed by atoms with Crippen molar-refractivity contribution in [3.8, 4) is 0 Å². The molecule has 3 amide bonds. The van der Waals surface area contributed by atoms with Gasteiger partial charge in [0.25, 0.3) is 0 Å². The fraction of sp³-hybridized carbons (Fsp3) is 0.833. The van der Waals surface area contributed by atoms with E-state index in [0.717, 1.165) is 0 Å². The third-order valence-corrected chi connectivity index (χ3v) is 4.32. The van der Waals surface area contributed by atoms with Crippen molar-refractivity contribution < 1.29 is 23.9 Å². The summed E-state index contributed by atoms with van der Waals surface area (Å²) in [6.45, 7) is 12.2. The number of amides is 3. The van der Waals surface area contributed by atoms with Crippen molar-refractivity contribution in [1.82, 2.24) is 14.7 Å². The number of esters is 1. The number of methoxy groups -OCH3 is 1. The summed E-state index contributed by atoms with van der Waals surface area (Å²) in [5.41, 5.74) is -0.561. The van der Waals surface area contributed by atoms with Gasteiger partial charge in [-0.25, -0.2) is 14.4 Å². The molecule has 1 aliphatic rings. The van der Waals surface area contributed by atoms with Gasteiger partial charge in [0.2, 0.25) is 0 Å². The molecule has 0 radical (unpaired) electrons. The van der Waals surface area contributed by atoms with Gasteiger partial charge in [0.1, 0.15) is 11.6 Å². The Morgan fingerprint density at radius 3 is 2.15 bits per heavy atom. The molecule has 0 saturated carbocycles. The number of ether oxygens (including phenoxy) is 2. The molecule has 1 unspecified atom stereocenters. The number of urea groups is 1. The van der Waals surface area contributed by atoms with Crippen LogP contribution in [0.2, 0.25) is 0 Å². The minimum atomic E-state index is -0.647. The lowest BCUT2D eigenvalue weighted by Gasteiger charge is -2.42. The predicted octanol–water partition coefficient (Wildman–Crippen LogP) is 2.18. The van der Waals surface area contributed by atoms with Crippen LogP contribution in [0.5, 0.6) is 0 Å². The number of likely N-dealkylation sites (N-methyl/N-ethyl adjacent to an activating group) is 1. The minimum Gasteiger partial charge on any atom is -0.467 e. The highest BCUT2D eigenvalue weighted by atomic mass is 16.6. The van der Waals surface area contributed by atoms with Crippen molar-refractivity contribution in [2.75, 3.05) is 33.8 Å². The molecule has 0 aromatic rings. The Morgan fingerprint density at radius 1 is 1.15 bits per heavy atom. The number of rotatable bonds is 3. The van der Waals surface area contributed by atoms with Crippen LogP contribution in [0.15, 0.2) is 0 Å². The smallest absolute Gasteiger partial charge is 0.410 e. The van der Waals surface area contributed by atoms with E-state index in [0.29, 0.717) is 19.6 Å². The Bertz CT molecular complexity index is 529. The van der Waals surface area contributed by atoms with E-state index < -0.39 is 17.6 Å². The molecule has 1 rings (SSSR count). The first-order valence-electron chi connectivity index (χ1n) is 8.98. The molecule has 1 fully saturated rings. The maximum Gasteiger partial charge on any atom is 0.410 e. The predicted molar refractivity (Wildman–Crippen MR) is 97.8 cm³/mol. The molecule has 0 bridgehead atoms. The van der Waals surface area contributed by atoms with Crippen LogP contribution in [0.3, 0.4) is 0 Å². The van der Waals surface area contributed by atoms with Crippen molar-refractivity contribution in [2.45, 2.75) is 59.2 Å². The van der Waals surface area contributed by atoms with Crippen molar-refractivity contribution in [2.24, 2.45) is 5.92 Å². The number of piperazine rings is 1. The van der Waals surface area contributed by atoms with Crippen LogP contribution in [0.25, 0.3) is 0 Å². The number of hydrogen-bond acceptors (Lipinski definition) is 5. The standard InChI is InChI=1S/C18H33N3O5/c1-12(2)14(15(22)25-8)19(7)16(23)20-9-10-21(13(3)11-20)17(24)26-18(4,5)6/h12-14H,9-11H2,1-8H3/t13-,14?/m0/s1. The summed E-state index contributed by atoms with van der Waals surface area (Å²) in [7, 11) is 2.92. The normalized spacial score (nSPS) is 19.2. The highest BCUT2D eigenvalue weighted by molar-refractivity contribution is 5.84. The molecular formula is C18H33N3O5. The molecule has 0 aromatic carbocycles. The number of carbonyl (C=O) groups excluding carboxylic acids is 3. The summed E-state index contributed by atoms with van der Waals surface area (Å²) in [5.74, 6) is -0.506. The Kier molecular flexibility index (Phi) is 7.29. The average Bonchev–Trinajstić information content (AvgIpc) is 2.51. The first kappa shape index (κ1) is 22.1. The summed E-state index contributed by atoms with van der Waals surface area (Å²) in [4.78, 5) is 41.8. The molecule has 0 aliphatic carbocycles. The van der Waals surface area contributed by atoms with Crippen LogP contribution >= 0.6 is 0 Å². The molecule has 8 nitrogen and oxygen atoms in total. The van der Waals surface area contributed by atoms with E-state index in [9.17, 15) is 14.4 Å². The van der Waals surface area contributed by atoms with Crippen molar-refractivity contribution >= 4 is 18.1 Å². The topological polar surface area (TPSA) is 79.4 Å². The first-order chi connectivity index (χ1) is 11.9. The van der Waals surface area contributed by atoms with Gasteiger partial charge in [-0.15, -0.1) is 0 Å². The molecule has 0 aromatic heterocycles. The fourth-order valence-corrected chi connectivity index (χ4v) is 3.06. The Labute approximate surface area is 156 Å². The lowest BCUT2D eigenvalue weighted by Crippen LogP contribution is -2.60. The summed E-state index contributed by atoms with van der Waals surface area (Å²) in [6, 6.07) is -1.07. The Balaban J connectivity index is 2.77. The van der Waals surface area contributed by atoms with Gasteiger partial charge in [-0.3, -0.25) is 0 Å². The third kappa shape index (κ3) is 5.51. The van der Waals surface area contributed by atoms with Crippen molar-refractivity contribution in [3.05, 3.63) is 0 Å². The second-order valence-corrected chi connectivity index (χ2v) is 8.07. The minimum absolute atomic E-state index is 0.0723. The molecule has 26 heavy (non-hydrogen) atoms. The van der Waals surface area contributed by atoms with Gasteiger partial charge in [-0.1, -0.05) is 13.8 Å². The molecule has 2 atom stereocenters. The Morgan fingerprint density at radius 2 is 1.73 bits per heavy atom. The highest BCUT2D eigenvalue weighted by Crippen LogP contribution is 2.18. The SMILES string of the molecule is COC(=O)C(C(C)C)N(C)C(=O)N1CCN(C(=O)OC(C)(C)C)[C@@H](C)C1. The summed E-state index contributed by atoms with van der Waals surface area (Å²) in [6.07, 6.45) is -0.375. The fourth-order valence-electron chi connectivity index (χ4n) is 3.06. The maximum absolute atomic E-state index is 12.8. The maximum atomic E-state index is 12.8. The zero-order valence-electron chi connectivity index (χ0n) is 17.2. The first-order valence-corrected chi connectivity index (χ1v) is 8.98. The molecule has 1 saturated heterocycles. The zero-order valence-corrected chi connectivity index (χ0v) is 17.2. The third-order valence-electron chi connectivity index (χ3n) is 4.32. The van der Waals surface area contributed by atoms with Gasteiger partial charge in [0, 0.05) is 32.7 Å². The van der Waals surface area contributed by atoms with E-state index in [2.05, 4.69) is 0 Å². The molecule has 0 N–H and O–H groups in total. The zero-order chi connectivity index (χ0) is 20.2. The van der Waals surface area contributed by atoms with E-state index in [4.69, 9.17) is 9.47 Å². The molecular weight excluding hydrogens is 338 g/mol. The van der Waals surface area contributed by atoms with Crippen LogP contribution in [0.1, 0.15) is 41.5 Å². The lowest BCUT2D eigenvalue weighted by molar-refractivity contribution is -0.147. The summed E-state index contributed by atoms with van der Waals surface area (Å²) >= 11 is 0. The molecule has 0 spiro atoms. The van der Waals surface area contributed by atoms with Crippen LogP contribution in [-0.2, 0) is 14.3 Å². The van der Waals surface area contributed by atoms with E-state index >= 15 is 0 Å². The van der Waals surface area contributed by atoms with Gasteiger partial charge in [-0.05, 0) is 33.6 Å². The van der Waals surface area contributed by atoms with Gasteiger partial charge in [0.15, 0.2) is 0 Å². The highest BCUT2D eigenvalue weighted by Gasteiger charge is 2.37. The second kappa shape index (κ2) is 8.60. The van der Waals surface area contributed by atoms with Crippen LogP contribution < -0.4 is 0 Å². The Hall–Kier alpha value is -1.99. The quantitative estimate of drug-likeness (QED) is 0.711. The van der Waals surface area contributed by atoms with E-state index in [1.807, 2.05) is 41.5 Å². The van der Waals surface area contributed by atoms with Gasteiger partial charge in [-0.2, -0.15) is 0 Å². The van der Waals surface area contributed by atoms with Crippen LogP contribution in [0, 0.1) is 5.92 Å². The largest absolute Gasteiger partial charge is 0.467 e. The lowest BCUT2D eigenvalue weighted by atomic mass is 10.0. The molecule has 8 heteroatoms. The van der Waals surface area contributed by atoms with E-state index in [-0.39, 0.29) is 24.1 Å². The van der Waals surface area contributed by atoms with Gasteiger partial charge >= 0.3 is 18.1 Å². The molecule has 1 aliphatic heterocycles. The van der Waals surface area contributed by atoms with E-state index in [1.165, 1.54) is 12.0 Å².